The van der Waals surface area contributed by atoms with E-state index in [-0.39, 0.29) is 22.5 Å². The molecular formula is C20H18F3N5O4S. The number of nitro groups is 1. The first-order chi connectivity index (χ1) is 15.6. The van der Waals surface area contributed by atoms with E-state index in [1.165, 1.54) is 14.0 Å². The van der Waals surface area contributed by atoms with Crippen LogP contribution in [0, 0.1) is 10.1 Å². The summed E-state index contributed by atoms with van der Waals surface area (Å²) >= 11 is 0.816. The quantitative estimate of drug-likeness (QED) is 0.382. The first-order valence-corrected chi connectivity index (χ1v) is 10.3. The van der Waals surface area contributed by atoms with Crippen LogP contribution >= 0.6 is 11.8 Å². The Morgan fingerprint density at radius 2 is 1.91 bits per heavy atom. The van der Waals surface area contributed by atoms with Gasteiger partial charge in [0.05, 0.1) is 22.5 Å². The number of nitro benzene ring substituents is 1. The van der Waals surface area contributed by atoms with Crippen LogP contribution in [-0.4, -0.2) is 39.2 Å². The Bertz CT molecular complexity index is 1170. The van der Waals surface area contributed by atoms with Gasteiger partial charge in [-0.1, -0.05) is 0 Å². The summed E-state index contributed by atoms with van der Waals surface area (Å²) in [5.74, 6) is 0.825. The lowest BCUT2D eigenvalue weighted by atomic mass is 10.2. The molecule has 13 heteroatoms. The molecule has 0 saturated carbocycles. The van der Waals surface area contributed by atoms with E-state index < -0.39 is 22.4 Å². The van der Waals surface area contributed by atoms with E-state index in [1.807, 2.05) is 0 Å². The maximum absolute atomic E-state index is 13.0. The van der Waals surface area contributed by atoms with E-state index >= 15 is 0 Å². The lowest BCUT2D eigenvalue weighted by Crippen LogP contribution is -2.23. The molecule has 0 spiro atoms. The van der Waals surface area contributed by atoms with Crippen molar-refractivity contribution < 1.29 is 27.6 Å². The average molecular weight is 481 g/mol. The number of hydrogen-bond donors (Lipinski definition) is 1. The predicted octanol–water partition coefficient (Wildman–Crippen LogP) is 4.03. The molecule has 0 aliphatic rings. The van der Waals surface area contributed by atoms with Crippen LogP contribution in [0.5, 0.6) is 5.75 Å². The van der Waals surface area contributed by atoms with Crippen LogP contribution in [0.25, 0.3) is 5.69 Å². The molecule has 1 N–H and O–H groups in total. The summed E-state index contributed by atoms with van der Waals surface area (Å²) in [6.45, 7) is 1.65. The number of hydrogen-bond acceptors (Lipinski definition) is 7. The van der Waals surface area contributed by atoms with E-state index in [0.29, 0.717) is 29.7 Å². The van der Waals surface area contributed by atoms with Gasteiger partial charge in [0, 0.05) is 31.6 Å². The highest BCUT2D eigenvalue weighted by Gasteiger charge is 2.33. The molecule has 0 saturated heterocycles. The maximum Gasteiger partial charge on any atom is 0.416 e. The molecule has 2 aromatic carbocycles. The van der Waals surface area contributed by atoms with E-state index in [9.17, 15) is 28.1 Å². The van der Waals surface area contributed by atoms with Crippen LogP contribution in [0.1, 0.15) is 18.3 Å². The Morgan fingerprint density at radius 1 is 1.21 bits per heavy atom. The van der Waals surface area contributed by atoms with Gasteiger partial charge in [-0.15, -0.1) is 10.2 Å². The molecule has 9 nitrogen and oxygen atoms in total. The highest BCUT2D eigenvalue weighted by Crippen LogP contribution is 2.39. The first-order valence-electron chi connectivity index (χ1n) is 9.46. The topological polar surface area (TPSA) is 112 Å². The van der Waals surface area contributed by atoms with Gasteiger partial charge < -0.3 is 10.1 Å². The molecular weight excluding hydrogens is 463 g/mol. The number of alkyl halides is 3. The number of ether oxygens (including phenoxy) is 1. The molecule has 174 valence electrons. The summed E-state index contributed by atoms with van der Waals surface area (Å²) in [5.41, 5.74) is -1.21. The Labute approximate surface area is 190 Å². The van der Waals surface area contributed by atoms with Gasteiger partial charge >= 0.3 is 6.18 Å². The Morgan fingerprint density at radius 3 is 2.48 bits per heavy atom. The summed E-state index contributed by atoms with van der Waals surface area (Å²) in [6, 6.07) is 9.14. The van der Waals surface area contributed by atoms with E-state index in [2.05, 4.69) is 15.5 Å². The molecule has 1 aromatic heterocycles. The van der Waals surface area contributed by atoms with Crippen molar-refractivity contribution >= 4 is 23.4 Å². The lowest BCUT2D eigenvalue weighted by molar-refractivity contribution is -0.388. The molecule has 1 amide bonds. The molecule has 33 heavy (non-hydrogen) atoms. The zero-order valence-electron chi connectivity index (χ0n) is 17.4. The fourth-order valence-corrected chi connectivity index (χ4v) is 3.84. The van der Waals surface area contributed by atoms with Crippen molar-refractivity contribution in [1.29, 1.82) is 0 Å². The Kier molecular flexibility index (Phi) is 7.21. The number of carbonyl (C=O) groups excluding carboxylic acids is 1. The third-order valence-corrected chi connectivity index (χ3v) is 5.45. The molecule has 0 atom stereocenters. The summed E-state index contributed by atoms with van der Waals surface area (Å²) in [5, 5.41) is 22.5. The predicted molar refractivity (Wildman–Crippen MR) is 113 cm³/mol. The molecule has 0 bridgehead atoms. The van der Waals surface area contributed by atoms with Gasteiger partial charge in [0.25, 0.3) is 5.69 Å². The van der Waals surface area contributed by atoms with Crippen LogP contribution in [0.4, 0.5) is 18.9 Å². The minimum Gasteiger partial charge on any atom is -0.497 e. The number of rotatable bonds is 8. The summed E-state index contributed by atoms with van der Waals surface area (Å²) in [4.78, 5) is 21.7. The summed E-state index contributed by atoms with van der Waals surface area (Å²) in [6.07, 6.45) is -4.41. The highest BCUT2D eigenvalue weighted by molar-refractivity contribution is 7.99. The smallest absolute Gasteiger partial charge is 0.416 e. The number of nitrogens with zero attached hydrogens (tertiary/aromatic N) is 4. The van der Waals surface area contributed by atoms with Crippen molar-refractivity contribution in [2.24, 2.45) is 0 Å². The van der Waals surface area contributed by atoms with Gasteiger partial charge in [0.15, 0.2) is 0 Å². The third-order valence-electron chi connectivity index (χ3n) is 4.44. The number of carbonyl (C=O) groups is 1. The molecule has 0 radical (unpaired) electrons. The van der Waals surface area contributed by atoms with Gasteiger partial charge in [-0.25, -0.2) is 0 Å². The van der Waals surface area contributed by atoms with Crippen LogP contribution < -0.4 is 10.1 Å². The molecule has 3 rings (SSSR count). The standard InChI is InChI=1S/C20H18F3N5O4S/c1-12(29)24-10-9-18-25-26-19(27(18)14-4-6-15(32-2)7-5-14)33-17-8-3-13(20(21,22)23)11-16(17)28(30)31/h3-8,11H,9-10H2,1-2H3,(H,24,29). The number of nitrogens with one attached hydrogen (secondary N) is 1. The van der Waals surface area contributed by atoms with Gasteiger partial charge in [-0.05, 0) is 48.2 Å². The highest BCUT2D eigenvalue weighted by atomic mass is 32.2. The number of methoxy groups -OCH3 is 1. The van der Waals surface area contributed by atoms with Gasteiger partial charge in [-0.3, -0.25) is 19.5 Å². The lowest BCUT2D eigenvalue weighted by Gasteiger charge is -2.12. The number of benzene rings is 2. The first kappa shape index (κ1) is 24.0. The monoisotopic (exact) mass is 481 g/mol. The second-order valence-electron chi connectivity index (χ2n) is 6.70. The van der Waals surface area contributed by atoms with Crippen LogP contribution in [-0.2, 0) is 17.4 Å². The Hall–Kier alpha value is -3.61. The van der Waals surface area contributed by atoms with E-state index in [4.69, 9.17) is 4.74 Å². The molecule has 0 aliphatic heterocycles. The van der Waals surface area contributed by atoms with Crippen LogP contribution in [0.3, 0.4) is 0 Å². The molecule has 3 aromatic rings. The minimum atomic E-state index is -4.71. The largest absolute Gasteiger partial charge is 0.497 e. The zero-order valence-corrected chi connectivity index (χ0v) is 18.2. The maximum atomic E-state index is 13.0. The summed E-state index contributed by atoms with van der Waals surface area (Å²) < 4.78 is 45.8. The van der Waals surface area contributed by atoms with Gasteiger partial charge in [0.1, 0.15) is 11.6 Å². The van der Waals surface area contributed by atoms with Gasteiger partial charge in [-0.2, -0.15) is 13.2 Å². The van der Waals surface area contributed by atoms with Crippen molar-refractivity contribution in [3.63, 3.8) is 0 Å². The number of amides is 1. The van der Waals surface area contributed by atoms with Crippen LogP contribution in [0.2, 0.25) is 0 Å². The molecule has 0 fully saturated rings. The second-order valence-corrected chi connectivity index (χ2v) is 7.71. The Balaban J connectivity index is 2.03. The van der Waals surface area contributed by atoms with Crippen molar-refractivity contribution in [2.45, 2.75) is 29.6 Å². The van der Waals surface area contributed by atoms with Crippen molar-refractivity contribution in [2.75, 3.05) is 13.7 Å². The molecule has 0 unspecified atom stereocenters. The number of halogens is 3. The third kappa shape index (κ3) is 5.80. The average Bonchev–Trinajstić information content (AvgIpc) is 3.15. The normalized spacial score (nSPS) is 11.3. The minimum absolute atomic E-state index is 0.0245. The van der Waals surface area contributed by atoms with E-state index in [1.54, 1.807) is 28.8 Å². The number of aromatic nitrogens is 3. The van der Waals surface area contributed by atoms with Crippen molar-refractivity contribution in [3.8, 4) is 11.4 Å². The fraction of sp³-hybridized carbons (Fsp3) is 0.250. The SMILES string of the molecule is COc1ccc(-n2c(CCNC(C)=O)nnc2Sc2ccc(C(F)(F)F)cc2[N+](=O)[O-])cc1. The van der Waals surface area contributed by atoms with Gasteiger partial charge in [0.2, 0.25) is 11.1 Å². The molecule has 0 aliphatic carbocycles. The van der Waals surface area contributed by atoms with E-state index in [0.717, 1.165) is 23.9 Å². The van der Waals surface area contributed by atoms with Crippen molar-refractivity contribution in [1.82, 2.24) is 20.1 Å². The molecule has 1 heterocycles. The van der Waals surface area contributed by atoms with Crippen LogP contribution in [0.15, 0.2) is 52.5 Å². The second kappa shape index (κ2) is 9.90. The zero-order chi connectivity index (χ0) is 24.2. The van der Waals surface area contributed by atoms with Crippen molar-refractivity contribution in [3.05, 3.63) is 64.0 Å². The summed E-state index contributed by atoms with van der Waals surface area (Å²) in [7, 11) is 1.51. The fourth-order valence-electron chi connectivity index (χ4n) is 2.89.